The zero-order chi connectivity index (χ0) is 14.0. The third-order valence-corrected chi connectivity index (χ3v) is 3.11. The van der Waals surface area contributed by atoms with Crippen LogP contribution in [0.1, 0.15) is 22.8 Å². The molecule has 1 aromatic carbocycles. The first kappa shape index (κ1) is 13.2. The van der Waals surface area contributed by atoms with Crippen LogP contribution in [-0.4, -0.2) is 25.2 Å². The summed E-state index contributed by atoms with van der Waals surface area (Å²) in [6.45, 7) is 1.91. The highest BCUT2D eigenvalue weighted by atomic mass is 16.4. The zero-order valence-electron chi connectivity index (χ0n) is 11.3. The number of rotatable bonds is 4. The fourth-order valence-corrected chi connectivity index (χ4v) is 2.01. The summed E-state index contributed by atoms with van der Waals surface area (Å²) >= 11 is 0. The molecule has 2 aromatic rings. The van der Waals surface area contributed by atoms with Crippen molar-refractivity contribution < 1.29 is 14.3 Å². The summed E-state index contributed by atoms with van der Waals surface area (Å²) < 4.78 is 5.44. The summed E-state index contributed by atoms with van der Waals surface area (Å²) in [5.41, 5.74) is 2.82. The Morgan fingerprint density at radius 2 is 1.89 bits per heavy atom. The van der Waals surface area contributed by atoms with Crippen LogP contribution in [0.2, 0.25) is 0 Å². The van der Waals surface area contributed by atoms with Crippen molar-refractivity contribution in [3.63, 3.8) is 0 Å². The van der Waals surface area contributed by atoms with Gasteiger partial charge in [0.2, 0.25) is 0 Å². The molecule has 19 heavy (non-hydrogen) atoms. The first-order valence-corrected chi connectivity index (χ1v) is 6.16. The lowest BCUT2D eigenvalue weighted by Crippen LogP contribution is -2.08. The molecule has 2 rings (SSSR count). The molecule has 100 valence electrons. The van der Waals surface area contributed by atoms with Crippen LogP contribution in [0.25, 0.3) is 11.3 Å². The molecular formula is C15H17NO3. The van der Waals surface area contributed by atoms with E-state index in [-0.39, 0.29) is 5.56 Å². The Kier molecular flexibility index (Phi) is 3.60. The van der Waals surface area contributed by atoms with Crippen molar-refractivity contribution in [1.82, 2.24) is 0 Å². The fraction of sp³-hybridized carbons (Fsp3) is 0.267. The van der Waals surface area contributed by atoms with Gasteiger partial charge in [0.25, 0.3) is 0 Å². The van der Waals surface area contributed by atoms with Gasteiger partial charge in [-0.15, -0.1) is 0 Å². The highest BCUT2D eigenvalue weighted by Gasteiger charge is 2.20. The number of furan rings is 1. The van der Waals surface area contributed by atoms with Gasteiger partial charge in [0.1, 0.15) is 11.3 Å². The third kappa shape index (κ3) is 2.47. The van der Waals surface area contributed by atoms with Crippen LogP contribution in [0.4, 0.5) is 5.69 Å². The molecule has 0 spiro atoms. The van der Waals surface area contributed by atoms with Gasteiger partial charge < -0.3 is 14.4 Å². The summed E-state index contributed by atoms with van der Waals surface area (Å²) in [4.78, 5) is 13.3. The van der Waals surface area contributed by atoms with Crippen LogP contribution < -0.4 is 4.90 Å². The predicted molar refractivity (Wildman–Crippen MR) is 74.8 cm³/mol. The molecular weight excluding hydrogens is 242 g/mol. The largest absolute Gasteiger partial charge is 0.478 e. The second-order valence-electron chi connectivity index (χ2n) is 4.57. The van der Waals surface area contributed by atoms with Gasteiger partial charge >= 0.3 is 5.97 Å². The maximum Gasteiger partial charge on any atom is 0.339 e. The Morgan fingerprint density at radius 3 is 2.37 bits per heavy atom. The average molecular weight is 259 g/mol. The summed E-state index contributed by atoms with van der Waals surface area (Å²) in [6.07, 6.45) is 2.17. The van der Waals surface area contributed by atoms with Gasteiger partial charge in [-0.3, -0.25) is 0 Å². The average Bonchev–Trinajstić information content (AvgIpc) is 2.82. The number of carbonyl (C=O) groups is 1. The molecule has 0 saturated carbocycles. The monoisotopic (exact) mass is 259 g/mol. The molecule has 0 amide bonds. The van der Waals surface area contributed by atoms with Crippen LogP contribution in [0.15, 0.2) is 34.9 Å². The van der Waals surface area contributed by atoms with Crippen molar-refractivity contribution in [2.75, 3.05) is 19.0 Å². The van der Waals surface area contributed by atoms with Crippen molar-refractivity contribution in [3.8, 4) is 11.3 Å². The number of anilines is 1. The SMILES string of the molecule is CCc1coc(-c2ccc(N(C)C)cc2)c1C(=O)O. The van der Waals surface area contributed by atoms with Gasteiger partial charge in [0.05, 0.1) is 6.26 Å². The lowest BCUT2D eigenvalue weighted by molar-refractivity contribution is 0.0696. The molecule has 0 bridgehead atoms. The Morgan fingerprint density at radius 1 is 1.26 bits per heavy atom. The number of aryl methyl sites for hydroxylation is 1. The quantitative estimate of drug-likeness (QED) is 0.915. The van der Waals surface area contributed by atoms with E-state index in [2.05, 4.69) is 0 Å². The van der Waals surface area contributed by atoms with E-state index in [1.165, 1.54) is 6.26 Å². The van der Waals surface area contributed by atoms with Gasteiger partial charge in [-0.2, -0.15) is 0 Å². The van der Waals surface area contributed by atoms with E-state index in [0.29, 0.717) is 12.2 Å². The fourth-order valence-electron chi connectivity index (χ4n) is 2.01. The molecule has 0 radical (unpaired) electrons. The Labute approximate surface area is 112 Å². The number of nitrogens with zero attached hydrogens (tertiary/aromatic N) is 1. The number of aromatic carboxylic acids is 1. The van der Waals surface area contributed by atoms with Crippen molar-refractivity contribution in [1.29, 1.82) is 0 Å². The molecule has 4 nitrogen and oxygen atoms in total. The van der Waals surface area contributed by atoms with E-state index in [1.54, 1.807) is 0 Å². The molecule has 0 aliphatic carbocycles. The van der Waals surface area contributed by atoms with Crippen molar-refractivity contribution in [2.45, 2.75) is 13.3 Å². The smallest absolute Gasteiger partial charge is 0.339 e. The molecule has 1 heterocycles. The van der Waals surface area contributed by atoms with Gasteiger partial charge in [0, 0.05) is 30.9 Å². The van der Waals surface area contributed by atoms with Crippen LogP contribution in [0.3, 0.4) is 0 Å². The van der Waals surface area contributed by atoms with E-state index in [1.807, 2.05) is 50.2 Å². The molecule has 0 unspecified atom stereocenters. The van der Waals surface area contributed by atoms with Crippen LogP contribution in [0.5, 0.6) is 0 Å². The molecule has 1 aromatic heterocycles. The van der Waals surface area contributed by atoms with Crippen molar-refractivity contribution in [2.24, 2.45) is 0 Å². The third-order valence-electron chi connectivity index (χ3n) is 3.11. The molecule has 0 aliphatic rings. The number of hydrogen-bond acceptors (Lipinski definition) is 3. The standard InChI is InChI=1S/C15H17NO3/c1-4-10-9-19-14(13(10)15(17)18)11-5-7-12(8-6-11)16(2)3/h5-9H,4H2,1-3H3,(H,17,18). The number of carboxylic acids is 1. The van der Waals surface area contributed by atoms with Gasteiger partial charge in [-0.25, -0.2) is 4.79 Å². The molecule has 0 aliphatic heterocycles. The van der Waals surface area contributed by atoms with E-state index in [0.717, 1.165) is 16.8 Å². The molecule has 4 heteroatoms. The number of carboxylic acid groups (broad SMARTS) is 1. The Balaban J connectivity index is 2.47. The normalized spacial score (nSPS) is 10.5. The molecule has 1 N–H and O–H groups in total. The lowest BCUT2D eigenvalue weighted by Gasteiger charge is -2.12. The summed E-state index contributed by atoms with van der Waals surface area (Å²) in [7, 11) is 3.92. The summed E-state index contributed by atoms with van der Waals surface area (Å²) in [6, 6.07) is 7.63. The molecule has 0 saturated heterocycles. The van der Waals surface area contributed by atoms with Crippen molar-refractivity contribution in [3.05, 3.63) is 41.7 Å². The lowest BCUT2D eigenvalue weighted by atomic mass is 10.0. The topological polar surface area (TPSA) is 53.7 Å². The van der Waals surface area contributed by atoms with E-state index < -0.39 is 5.97 Å². The summed E-state index contributed by atoms with van der Waals surface area (Å²) in [5.74, 6) is -0.521. The second-order valence-corrected chi connectivity index (χ2v) is 4.57. The van der Waals surface area contributed by atoms with Crippen molar-refractivity contribution >= 4 is 11.7 Å². The van der Waals surface area contributed by atoms with Gasteiger partial charge in [-0.1, -0.05) is 6.92 Å². The molecule has 0 atom stereocenters. The highest BCUT2D eigenvalue weighted by molar-refractivity contribution is 5.96. The van der Waals surface area contributed by atoms with Crippen LogP contribution in [-0.2, 0) is 6.42 Å². The maximum atomic E-state index is 11.3. The van der Waals surface area contributed by atoms with E-state index in [4.69, 9.17) is 4.42 Å². The van der Waals surface area contributed by atoms with E-state index in [9.17, 15) is 9.90 Å². The van der Waals surface area contributed by atoms with Gasteiger partial charge in [-0.05, 0) is 30.7 Å². The first-order valence-electron chi connectivity index (χ1n) is 6.16. The second kappa shape index (κ2) is 5.18. The zero-order valence-corrected chi connectivity index (χ0v) is 11.3. The first-order chi connectivity index (χ1) is 9.04. The summed E-state index contributed by atoms with van der Waals surface area (Å²) in [5, 5.41) is 9.30. The minimum atomic E-state index is -0.947. The van der Waals surface area contributed by atoms with Crippen LogP contribution in [0, 0.1) is 0 Å². The Bertz CT molecular complexity index is 582. The van der Waals surface area contributed by atoms with Gasteiger partial charge in [0.15, 0.2) is 0 Å². The van der Waals surface area contributed by atoms with E-state index >= 15 is 0 Å². The number of benzene rings is 1. The molecule has 0 fully saturated rings. The highest BCUT2D eigenvalue weighted by Crippen LogP contribution is 2.30. The minimum Gasteiger partial charge on any atom is -0.478 e. The number of hydrogen-bond donors (Lipinski definition) is 1. The minimum absolute atomic E-state index is 0.264. The maximum absolute atomic E-state index is 11.3. The predicted octanol–water partition coefficient (Wildman–Crippen LogP) is 3.27. The van der Waals surface area contributed by atoms with Crippen LogP contribution >= 0.6 is 0 Å². The Hall–Kier alpha value is -2.23.